The fourth-order valence-electron chi connectivity index (χ4n) is 2.92. The number of nitrogens with one attached hydrogen (secondary N) is 1. The minimum atomic E-state index is -4.58. The van der Waals surface area contributed by atoms with Gasteiger partial charge >= 0.3 is 11.8 Å². The molecule has 0 bridgehead atoms. The first-order chi connectivity index (χ1) is 10.4. The summed E-state index contributed by atoms with van der Waals surface area (Å²) >= 11 is 0. The van der Waals surface area contributed by atoms with Crippen molar-refractivity contribution < 1.29 is 17.6 Å². The van der Waals surface area contributed by atoms with Crippen LogP contribution in [-0.4, -0.2) is 6.54 Å². The smallest absolute Gasteiger partial charge is 0.417 e. The molecular formula is C16H16F3NO2. The second kappa shape index (κ2) is 5.34. The lowest BCUT2D eigenvalue weighted by atomic mass is 9.97. The fraction of sp³-hybridized carbons (Fsp3) is 0.438. The minimum absolute atomic E-state index is 0.0268. The van der Waals surface area contributed by atoms with Crippen molar-refractivity contribution in [1.82, 2.24) is 0 Å². The molecule has 1 aromatic carbocycles. The first-order valence-electron chi connectivity index (χ1n) is 7.30. The van der Waals surface area contributed by atoms with Crippen LogP contribution >= 0.6 is 0 Å². The van der Waals surface area contributed by atoms with Gasteiger partial charge in [0.25, 0.3) is 0 Å². The Bertz CT molecular complexity index is 764. The highest BCUT2D eigenvalue weighted by atomic mass is 19.4. The molecule has 0 unspecified atom stereocenters. The van der Waals surface area contributed by atoms with Crippen molar-refractivity contribution in [2.24, 2.45) is 5.92 Å². The average Bonchev–Trinajstić information content (AvgIpc) is 2.65. The van der Waals surface area contributed by atoms with Gasteiger partial charge in [0.1, 0.15) is 5.58 Å². The Morgan fingerprint density at radius 1 is 1.32 bits per heavy atom. The zero-order valence-corrected chi connectivity index (χ0v) is 12.1. The van der Waals surface area contributed by atoms with Gasteiger partial charge in [-0.15, -0.1) is 0 Å². The van der Waals surface area contributed by atoms with E-state index in [1.54, 1.807) is 0 Å². The van der Waals surface area contributed by atoms with Crippen molar-refractivity contribution in [2.45, 2.75) is 32.4 Å². The molecule has 1 aliphatic heterocycles. The lowest BCUT2D eigenvalue weighted by Crippen LogP contribution is -2.12. The summed E-state index contributed by atoms with van der Waals surface area (Å²) in [7, 11) is 0. The summed E-state index contributed by atoms with van der Waals surface area (Å²) in [6, 6.07) is 3.54. The molecule has 0 radical (unpaired) electrons. The Labute approximate surface area is 125 Å². The molecule has 1 atom stereocenters. The van der Waals surface area contributed by atoms with E-state index >= 15 is 0 Å². The van der Waals surface area contributed by atoms with Gasteiger partial charge < -0.3 is 9.73 Å². The summed E-state index contributed by atoms with van der Waals surface area (Å²) in [6.45, 7) is 2.87. The third-order valence-corrected chi connectivity index (χ3v) is 4.25. The van der Waals surface area contributed by atoms with E-state index in [-0.39, 0.29) is 11.0 Å². The molecule has 0 aliphatic carbocycles. The Morgan fingerprint density at radius 2 is 2.09 bits per heavy atom. The SMILES string of the molecule is CC[C@H]1CCc2cc3c(C(F)(F)F)cc(=O)oc3cc2NC1. The van der Waals surface area contributed by atoms with E-state index in [0.717, 1.165) is 30.6 Å². The van der Waals surface area contributed by atoms with E-state index in [9.17, 15) is 18.0 Å². The standard InChI is InChI=1S/C16H16F3NO2/c1-2-9-3-4-10-5-11-12(16(17,18)19)6-15(21)22-14(11)7-13(10)20-8-9/h5-7,9,20H,2-4,8H2,1H3/t9-/m0/s1. The van der Waals surface area contributed by atoms with Gasteiger partial charge in [0, 0.05) is 29.8 Å². The summed E-state index contributed by atoms with van der Waals surface area (Å²) in [4.78, 5) is 11.4. The summed E-state index contributed by atoms with van der Waals surface area (Å²) in [6.07, 6.45) is -1.91. The monoisotopic (exact) mass is 311 g/mol. The van der Waals surface area contributed by atoms with E-state index in [4.69, 9.17) is 4.42 Å². The number of alkyl halides is 3. The maximum absolute atomic E-state index is 13.1. The quantitative estimate of drug-likeness (QED) is 0.803. The van der Waals surface area contributed by atoms with Crippen LogP contribution in [0.15, 0.2) is 27.4 Å². The van der Waals surface area contributed by atoms with Gasteiger partial charge in [-0.2, -0.15) is 13.2 Å². The Balaban J connectivity index is 2.18. The first-order valence-corrected chi connectivity index (χ1v) is 7.30. The first kappa shape index (κ1) is 14.9. The summed E-state index contributed by atoms with van der Waals surface area (Å²) < 4.78 is 44.4. The zero-order chi connectivity index (χ0) is 15.9. The second-order valence-corrected chi connectivity index (χ2v) is 5.68. The molecule has 0 fully saturated rings. The third-order valence-electron chi connectivity index (χ3n) is 4.25. The molecule has 3 nitrogen and oxygen atoms in total. The van der Waals surface area contributed by atoms with Crippen molar-refractivity contribution >= 4 is 16.7 Å². The number of hydrogen-bond donors (Lipinski definition) is 1. The van der Waals surface area contributed by atoms with Gasteiger partial charge in [0.05, 0.1) is 5.56 Å². The van der Waals surface area contributed by atoms with Crippen LogP contribution in [0.5, 0.6) is 0 Å². The molecule has 2 heterocycles. The zero-order valence-electron chi connectivity index (χ0n) is 12.1. The number of rotatable bonds is 1. The van der Waals surface area contributed by atoms with Crippen LogP contribution in [0, 0.1) is 5.92 Å². The van der Waals surface area contributed by atoms with Gasteiger partial charge in [-0.25, -0.2) is 4.79 Å². The van der Waals surface area contributed by atoms with Crippen molar-refractivity contribution in [1.29, 1.82) is 0 Å². The van der Waals surface area contributed by atoms with Crippen molar-refractivity contribution in [3.05, 3.63) is 39.7 Å². The Morgan fingerprint density at radius 3 is 2.77 bits per heavy atom. The minimum Gasteiger partial charge on any atom is -0.423 e. The topological polar surface area (TPSA) is 42.2 Å². The molecule has 1 aliphatic rings. The van der Waals surface area contributed by atoms with Gasteiger partial charge in [-0.05, 0) is 30.4 Å². The molecule has 2 aromatic rings. The molecule has 0 saturated heterocycles. The van der Waals surface area contributed by atoms with E-state index in [1.165, 1.54) is 12.1 Å². The fourth-order valence-corrected chi connectivity index (χ4v) is 2.92. The normalized spacial score (nSPS) is 18.6. The van der Waals surface area contributed by atoms with Crippen molar-refractivity contribution in [3.8, 4) is 0 Å². The molecule has 118 valence electrons. The molecule has 0 amide bonds. The molecular weight excluding hydrogens is 295 g/mol. The van der Waals surface area contributed by atoms with Crippen LogP contribution in [0.4, 0.5) is 18.9 Å². The number of aryl methyl sites for hydroxylation is 1. The molecule has 0 spiro atoms. The van der Waals surface area contributed by atoms with E-state index in [1.807, 2.05) is 0 Å². The Hall–Kier alpha value is -1.98. The van der Waals surface area contributed by atoms with Crippen LogP contribution < -0.4 is 10.9 Å². The van der Waals surface area contributed by atoms with Gasteiger partial charge in [-0.1, -0.05) is 13.3 Å². The third kappa shape index (κ3) is 2.69. The van der Waals surface area contributed by atoms with Crippen LogP contribution in [0.25, 0.3) is 11.0 Å². The van der Waals surface area contributed by atoms with Crippen LogP contribution in [0.2, 0.25) is 0 Å². The van der Waals surface area contributed by atoms with Crippen LogP contribution in [0.1, 0.15) is 30.9 Å². The van der Waals surface area contributed by atoms with Gasteiger partial charge in [-0.3, -0.25) is 0 Å². The molecule has 6 heteroatoms. The maximum atomic E-state index is 13.1. The predicted octanol–water partition coefficient (Wildman–Crippen LogP) is 4.20. The van der Waals surface area contributed by atoms with Crippen LogP contribution in [0.3, 0.4) is 0 Å². The second-order valence-electron chi connectivity index (χ2n) is 5.68. The average molecular weight is 311 g/mol. The van der Waals surface area contributed by atoms with Gasteiger partial charge in [0.2, 0.25) is 0 Å². The van der Waals surface area contributed by atoms with E-state index < -0.39 is 17.4 Å². The molecule has 0 saturated carbocycles. The number of anilines is 1. The predicted molar refractivity (Wildman–Crippen MR) is 78.1 cm³/mol. The van der Waals surface area contributed by atoms with Crippen LogP contribution in [-0.2, 0) is 12.6 Å². The lowest BCUT2D eigenvalue weighted by Gasteiger charge is -2.13. The van der Waals surface area contributed by atoms with Crippen molar-refractivity contribution in [2.75, 3.05) is 11.9 Å². The molecule has 1 aromatic heterocycles. The molecule has 1 N–H and O–H groups in total. The summed E-state index contributed by atoms with van der Waals surface area (Å²) in [5, 5.41) is 3.20. The number of benzene rings is 1. The largest absolute Gasteiger partial charge is 0.423 e. The number of halogens is 3. The molecule has 22 heavy (non-hydrogen) atoms. The summed E-state index contributed by atoms with van der Waals surface area (Å²) in [5.41, 5.74) is -0.354. The highest BCUT2D eigenvalue weighted by molar-refractivity contribution is 5.85. The Kier molecular flexibility index (Phi) is 3.62. The highest BCUT2D eigenvalue weighted by Gasteiger charge is 2.34. The van der Waals surface area contributed by atoms with Gasteiger partial charge in [0.15, 0.2) is 0 Å². The lowest BCUT2D eigenvalue weighted by molar-refractivity contribution is -0.136. The maximum Gasteiger partial charge on any atom is 0.417 e. The van der Waals surface area contributed by atoms with E-state index in [2.05, 4.69) is 12.2 Å². The molecule has 3 rings (SSSR count). The number of hydrogen-bond acceptors (Lipinski definition) is 3. The summed E-state index contributed by atoms with van der Waals surface area (Å²) in [5.74, 6) is 0.490. The highest BCUT2D eigenvalue weighted by Crippen LogP contribution is 2.37. The van der Waals surface area contributed by atoms with Crippen molar-refractivity contribution in [3.63, 3.8) is 0 Å². The number of fused-ring (bicyclic) bond motifs is 2. The van der Waals surface area contributed by atoms with E-state index in [0.29, 0.717) is 18.4 Å².